The van der Waals surface area contributed by atoms with Gasteiger partial charge in [0.15, 0.2) is 11.5 Å². The molecule has 0 atom stereocenters. The first kappa shape index (κ1) is 15.7. The Balaban J connectivity index is 2.40. The van der Waals surface area contributed by atoms with Crippen LogP contribution in [0.3, 0.4) is 0 Å². The van der Waals surface area contributed by atoms with Gasteiger partial charge in [-0.15, -0.1) is 0 Å². The van der Waals surface area contributed by atoms with Gasteiger partial charge in [0.05, 0.1) is 32.6 Å². The summed E-state index contributed by atoms with van der Waals surface area (Å²) in [6.45, 7) is 1.93. The lowest BCUT2D eigenvalue weighted by atomic mass is 10.1. The zero-order chi connectivity index (χ0) is 16.1. The number of methoxy groups -OCH3 is 3. The Labute approximate surface area is 129 Å². The fourth-order valence-electron chi connectivity index (χ4n) is 2.26. The maximum atomic E-state index is 11.8. The van der Waals surface area contributed by atoms with E-state index in [-0.39, 0.29) is 5.97 Å². The summed E-state index contributed by atoms with van der Waals surface area (Å²) in [6, 6.07) is 10.9. The second-order valence-corrected chi connectivity index (χ2v) is 4.69. The molecule has 5 heteroatoms. The van der Waals surface area contributed by atoms with Gasteiger partial charge in [0.2, 0.25) is 0 Å². The average Bonchev–Trinajstić information content (AvgIpc) is 2.54. The first-order chi connectivity index (χ1) is 10.6. The number of benzene rings is 2. The Morgan fingerprint density at radius 1 is 1.05 bits per heavy atom. The second-order valence-electron chi connectivity index (χ2n) is 4.69. The van der Waals surface area contributed by atoms with Crippen LogP contribution in [0, 0.1) is 6.92 Å². The maximum Gasteiger partial charge on any atom is 0.339 e. The molecule has 0 spiro atoms. The highest BCUT2D eigenvalue weighted by Crippen LogP contribution is 2.35. The lowest BCUT2D eigenvalue weighted by molar-refractivity contribution is 0.0602. The minimum absolute atomic E-state index is 0.389. The fourth-order valence-corrected chi connectivity index (χ4v) is 2.26. The number of ether oxygens (including phenoxy) is 3. The predicted octanol–water partition coefficient (Wildman–Crippen LogP) is 3.54. The van der Waals surface area contributed by atoms with Gasteiger partial charge in [0, 0.05) is 11.8 Å². The zero-order valence-corrected chi connectivity index (χ0v) is 13.1. The Bertz CT molecular complexity index is 682. The molecule has 0 saturated heterocycles. The second kappa shape index (κ2) is 6.85. The molecule has 0 fully saturated rings. The van der Waals surface area contributed by atoms with Crippen LogP contribution in [-0.2, 0) is 4.74 Å². The van der Waals surface area contributed by atoms with Crippen molar-refractivity contribution < 1.29 is 19.0 Å². The lowest BCUT2D eigenvalue weighted by Gasteiger charge is -2.15. The molecule has 0 aliphatic rings. The summed E-state index contributed by atoms with van der Waals surface area (Å²) in [5.41, 5.74) is 2.87. The predicted molar refractivity (Wildman–Crippen MR) is 85.3 cm³/mol. The first-order valence-corrected chi connectivity index (χ1v) is 6.77. The molecule has 2 rings (SSSR count). The number of aryl methyl sites for hydroxylation is 1. The Kier molecular flexibility index (Phi) is 4.88. The Morgan fingerprint density at radius 2 is 1.77 bits per heavy atom. The molecule has 0 saturated carbocycles. The van der Waals surface area contributed by atoms with E-state index in [1.54, 1.807) is 26.4 Å². The van der Waals surface area contributed by atoms with Crippen molar-refractivity contribution in [3.8, 4) is 11.5 Å². The van der Waals surface area contributed by atoms with Crippen molar-refractivity contribution in [2.75, 3.05) is 26.6 Å². The summed E-state index contributed by atoms with van der Waals surface area (Å²) < 4.78 is 15.5. The minimum atomic E-state index is -0.389. The molecule has 0 aliphatic carbocycles. The number of anilines is 2. The van der Waals surface area contributed by atoms with Gasteiger partial charge in [-0.25, -0.2) is 4.79 Å². The molecule has 0 amide bonds. The van der Waals surface area contributed by atoms with Crippen LogP contribution in [0.5, 0.6) is 11.5 Å². The van der Waals surface area contributed by atoms with Crippen LogP contribution < -0.4 is 14.8 Å². The third-order valence-electron chi connectivity index (χ3n) is 3.28. The van der Waals surface area contributed by atoms with Crippen LogP contribution in [0.2, 0.25) is 0 Å². The number of nitrogens with one attached hydrogen (secondary N) is 1. The van der Waals surface area contributed by atoms with Crippen LogP contribution in [0.1, 0.15) is 15.9 Å². The van der Waals surface area contributed by atoms with E-state index >= 15 is 0 Å². The fraction of sp³-hybridized carbons (Fsp3) is 0.235. The molecule has 1 N–H and O–H groups in total. The molecule has 5 nitrogen and oxygen atoms in total. The maximum absolute atomic E-state index is 11.8. The van der Waals surface area contributed by atoms with Crippen molar-refractivity contribution >= 4 is 17.3 Å². The van der Waals surface area contributed by atoms with Gasteiger partial charge in [0.25, 0.3) is 0 Å². The van der Waals surface area contributed by atoms with E-state index in [4.69, 9.17) is 14.2 Å². The monoisotopic (exact) mass is 301 g/mol. The van der Waals surface area contributed by atoms with Crippen molar-refractivity contribution in [1.82, 2.24) is 0 Å². The van der Waals surface area contributed by atoms with E-state index < -0.39 is 0 Å². The van der Waals surface area contributed by atoms with E-state index in [1.807, 2.05) is 31.2 Å². The number of esters is 1. The van der Waals surface area contributed by atoms with Crippen molar-refractivity contribution in [3.63, 3.8) is 0 Å². The molecular weight excluding hydrogens is 282 g/mol. The van der Waals surface area contributed by atoms with Gasteiger partial charge < -0.3 is 19.5 Å². The highest BCUT2D eigenvalue weighted by molar-refractivity contribution is 5.96. The zero-order valence-electron chi connectivity index (χ0n) is 13.1. The standard InChI is InChI=1S/C17H19NO4/c1-11-9-12(10-15(20-2)16(11)21-3)18-14-8-6-5-7-13(14)17(19)22-4/h5-10,18H,1-4H3. The van der Waals surface area contributed by atoms with Crippen LogP contribution in [-0.4, -0.2) is 27.3 Å². The molecule has 0 aliphatic heterocycles. The molecule has 116 valence electrons. The summed E-state index contributed by atoms with van der Waals surface area (Å²) in [4.78, 5) is 11.8. The smallest absolute Gasteiger partial charge is 0.339 e. The van der Waals surface area contributed by atoms with E-state index in [9.17, 15) is 4.79 Å². The summed E-state index contributed by atoms with van der Waals surface area (Å²) in [5.74, 6) is 0.926. The van der Waals surface area contributed by atoms with Crippen LogP contribution >= 0.6 is 0 Å². The number of hydrogen-bond acceptors (Lipinski definition) is 5. The molecule has 0 heterocycles. The van der Waals surface area contributed by atoms with Gasteiger partial charge in [-0.3, -0.25) is 0 Å². The number of rotatable bonds is 5. The summed E-state index contributed by atoms with van der Waals surface area (Å²) in [5, 5.41) is 3.22. The number of carbonyl (C=O) groups excluding carboxylic acids is 1. The van der Waals surface area contributed by atoms with E-state index in [2.05, 4.69) is 5.32 Å². The third-order valence-corrected chi connectivity index (χ3v) is 3.28. The molecule has 0 bridgehead atoms. The normalized spacial score (nSPS) is 10.0. The van der Waals surface area contributed by atoms with Gasteiger partial charge in [-0.2, -0.15) is 0 Å². The van der Waals surface area contributed by atoms with Crippen molar-refractivity contribution in [2.24, 2.45) is 0 Å². The quantitative estimate of drug-likeness (QED) is 0.856. The Hall–Kier alpha value is -2.69. The molecular formula is C17H19NO4. The number of para-hydroxylation sites is 1. The Morgan fingerprint density at radius 3 is 2.41 bits per heavy atom. The van der Waals surface area contributed by atoms with Gasteiger partial charge in [-0.05, 0) is 30.7 Å². The molecule has 0 radical (unpaired) electrons. The summed E-state index contributed by atoms with van der Waals surface area (Å²) in [6.07, 6.45) is 0. The van der Waals surface area contributed by atoms with Crippen LogP contribution in [0.4, 0.5) is 11.4 Å². The SMILES string of the molecule is COC(=O)c1ccccc1Nc1cc(C)c(OC)c(OC)c1. The third kappa shape index (κ3) is 3.14. The van der Waals surface area contributed by atoms with Gasteiger partial charge in [-0.1, -0.05) is 12.1 Å². The molecule has 2 aromatic carbocycles. The van der Waals surface area contributed by atoms with Crippen molar-refractivity contribution in [1.29, 1.82) is 0 Å². The van der Waals surface area contributed by atoms with Gasteiger partial charge >= 0.3 is 5.97 Å². The van der Waals surface area contributed by atoms with E-state index in [0.29, 0.717) is 22.7 Å². The molecule has 0 aromatic heterocycles. The summed E-state index contributed by atoms with van der Waals surface area (Å²) >= 11 is 0. The molecule has 22 heavy (non-hydrogen) atoms. The van der Waals surface area contributed by atoms with Crippen molar-refractivity contribution in [2.45, 2.75) is 6.92 Å². The number of hydrogen-bond donors (Lipinski definition) is 1. The van der Waals surface area contributed by atoms with Crippen LogP contribution in [0.15, 0.2) is 36.4 Å². The topological polar surface area (TPSA) is 56.8 Å². The minimum Gasteiger partial charge on any atom is -0.493 e. The average molecular weight is 301 g/mol. The number of carbonyl (C=O) groups is 1. The van der Waals surface area contributed by atoms with Gasteiger partial charge in [0.1, 0.15) is 0 Å². The van der Waals surface area contributed by atoms with E-state index in [0.717, 1.165) is 11.3 Å². The highest BCUT2D eigenvalue weighted by Gasteiger charge is 2.13. The first-order valence-electron chi connectivity index (χ1n) is 6.77. The molecule has 2 aromatic rings. The lowest BCUT2D eigenvalue weighted by Crippen LogP contribution is -2.05. The van der Waals surface area contributed by atoms with Crippen LogP contribution in [0.25, 0.3) is 0 Å². The largest absolute Gasteiger partial charge is 0.493 e. The highest BCUT2D eigenvalue weighted by atomic mass is 16.5. The van der Waals surface area contributed by atoms with Crippen molar-refractivity contribution in [3.05, 3.63) is 47.5 Å². The molecule has 0 unspecified atom stereocenters. The van der Waals surface area contributed by atoms with E-state index in [1.165, 1.54) is 7.11 Å². The summed E-state index contributed by atoms with van der Waals surface area (Å²) in [7, 11) is 4.55.